The summed E-state index contributed by atoms with van der Waals surface area (Å²) in [6.07, 6.45) is 0. The molecule has 4 rings (SSSR count). The Morgan fingerprint density at radius 2 is 1.92 bits per heavy atom. The predicted octanol–water partition coefficient (Wildman–Crippen LogP) is 4.47. The van der Waals surface area contributed by atoms with E-state index in [4.69, 9.17) is 0 Å². The van der Waals surface area contributed by atoms with Crippen molar-refractivity contribution in [1.82, 2.24) is 9.97 Å². The lowest BCUT2D eigenvalue weighted by atomic mass is 10.1. The number of para-hydroxylation sites is 1. The highest BCUT2D eigenvalue weighted by atomic mass is 16.4. The number of aromatic amines is 1. The topological polar surface area (TPSA) is 78.0 Å². The molecule has 0 unspecified atom stereocenters. The fourth-order valence-electron chi connectivity index (χ4n) is 2.89. The Labute approximate surface area is 138 Å². The summed E-state index contributed by atoms with van der Waals surface area (Å²) in [5.41, 5.74) is 3.78. The van der Waals surface area contributed by atoms with Crippen LogP contribution in [0.2, 0.25) is 0 Å². The van der Waals surface area contributed by atoms with Crippen molar-refractivity contribution in [2.45, 2.75) is 6.92 Å². The van der Waals surface area contributed by atoms with Crippen LogP contribution in [0.15, 0.2) is 54.6 Å². The fraction of sp³-hybridized carbons (Fsp3) is 0.0526. The highest BCUT2D eigenvalue weighted by Crippen LogP contribution is 2.31. The van der Waals surface area contributed by atoms with Crippen molar-refractivity contribution in [2.75, 3.05) is 5.32 Å². The van der Waals surface area contributed by atoms with E-state index in [1.165, 1.54) is 0 Å². The summed E-state index contributed by atoms with van der Waals surface area (Å²) in [6, 6.07) is 17.3. The molecule has 118 valence electrons. The maximum atomic E-state index is 11.3. The number of anilines is 2. The minimum Gasteiger partial charge on any atom is -0.477 e. The van der Waals surface area contributed by atoms with E-state index in [2.05, 4.69) is 15.3 Å². The summed E-state index contributed by atoms with van der Waals surface area (Å²) < 4.78 is 0. The number of hydrogen-bond acceptors (Lipinski definition) is 3. The van der Waals surface area contributed by atoms with Gasteiger partial charge in [0.1, 0.15) is 11.5 Å². The molecule has 0 fully saturated rings. The van der Waals surface area contributed by atoms with Crippen molar-refractivity contribution in [3.8, 4) is 0 Å². The van der Waals surface area contributed by atoms with Gasteiger partial charge in [0, 0.05) is 16.5 Å². The van der Waals surface area contributed by atoms with Gasteiger partial charge in [-0.05, 0) is 36.8 Å². The Kier molecular flexibility index (Phi) is 3.20. The molecular weight excluding hydrogens is 302 g/mol. The molecule has 0 bridgehead atoms. The van der Waals surface area contributed by atoms with Crippen molar-refractivity contribution in [1.29, 1.82) is 0 Å². The number of H-pyrrole nitrogens is 1. The third-order valence-electron chi connectivity index (χ3n) is 3.99. The van der Waals surface area contributed by atoms with Crippen LogP contribution in [0.3, 0.4) is 0 Å². The van der Waals surface area contributed by atoms with E-state index in [-0.39, 0.29) is 5.69 Å². The number of fused-ring (bicyclic) bond motifs is 3. The van der Waals surface area contributed by atoms with Crippen LogP contribution >= 0.6 is 0 Å². The zero-order chi connectivity index (χ0) is 16.7. The monoisotopic (exact) mass is 317 g/mol. The SMILES string of the molecule is Cc1cccc(Nc2nc3ccccc3c3[nH]c(C(=O)O)cc23)c1. The first kappa shape index (κ1) is 14.3. The number of pyridine rings is 1. The Hall–Kier alpha value is -3.34. The molecule has 2 aromatic carbocycles. The highest BCUT2D eigenvalue weighted by Gasteiger charge is 2.15. The molecule has 2 aromatic heterocycles. The van der Waals surface area contributed by atoms with E-state index >= 15 is 0 Å². The van der Waals surface area contributed by atoms with Gasteiger partial charge >= 0.3 is 5.97 Å². The maximum Gasteiger partial charge on any atom is 0.352 e. The number of nitrogens with zero attached hydrogens (tertiary/aromatic N) is 1. The zero-order valence-electron chi connectivity index (χ0n) is 13.0. The molecule has 0 saturated heterocycles. The van der Waals surface area contributed by atoms with Gasteiger partial charge in [-0.3, -0.25) is 0 Å². The van der Waals surface area contributed by atoms with Gasteiger partial charge in [0.15, 0.2) is 0 Å². The van der Waals surface area contributed by atoms with Gasteiger partial charge in [0.2, 0.25) is 0 Å². The molecule has 0 aliphatic heterocycles. The normalized spacial score (nSPS) is 11.0. The Morgan fingerprint density at radius 1 is 1.08 bits per heavy atom. The second-order valence-corrected chi connectivity index (χ2v) is 5.75. The van der Waals surface area contributed by atoms with Crippen molar-refractivity contribution < 1.29 is 9.90 Å². The van der Waals surface area contributed by atoms with E-state index in [0.717, 1.165) is 33.1 Å². The Balaban J connectivity index is 1.96. The van der Waals surface area contributed by atoms with Gasteiger partial charge < -0.3 is 15.4 Å². The van der Waals surface area contributed by atoms with Gasteiger partial charge in [0.05, 0.1) is 11.0 Å². The Bertz CT molecular complexity index is 1080. The summed E-state index contributed by atoms with van der Waals surface area (Å²) in [5, 5.41) is 14.3. The van der Waals surface area contributed by atoms with E-state index in [1.807, 2.05) is 55.5 Å². The van der Waals surface area contributed by atoms with Gasteiger partial charge in [-0.15, -0.1) is 0 Å². The van der Waals surface area contributed by atoms with Crippen LogP contribution in [0.4, 0.5) is 11.5 Å². The average molecular weight is 317 g/mol. The third-order valence-corrected chi connectivity index (χ3v) is 3.99. The van der Waals surface area contributed by atoms with E-state index in [9.17, 15) is 9.90 Å². The van der Waals surface area contributed by atoms with Crippen LogP contribution in [0.5, 0.6) is 0 Å². The number of carboxylic acid groups (broad SMARTS) is 1. The summed E-state index contributed by atoms with van der Waals surface area (Å²) in [7, 11) is 0. The molecule has 5 heteroatoms. The van der Waals surface area contributed by atoms with Gasteiger partial charge in [-0.25, -0.2) is 9.78 Å². The van der Waals surface area contributed by atoms with Gasteiger partial charge in [-0.1, -0.05) is 30.3 Å². The van der Waals surface area contributed by atoms with Crippen LogP contribution in [-0.2, 0) is 0 Å². The lowest BCUT2D eigenvalue weighted by molar-refractivity contribution is 0.0691. The molecule has 0 radical (unpaired) electrons. The van der Waals surface area contributed by atoms with Crippen LogP contribution in [0.25, 0.3) is 21.8 Å². The first-order valence-electron chi connectivity index (χ1n) is 7.60. The number of nitrogens with one attached hydrogen (secondary N) is 2. The van der Waals surface area contributed by atoms with E-state index < -0.39 is 5.97 Å². The van der Waals surface area contributed by atoms with E-state index in [0.29, 0.717) is 5.82 Å². The molecule has 0 saturated carbocycles. The molecule has 0 atom stereocenters. The summed E-state index contributed by atoms with van der Waals surface area (Å²) in [4.78, 5) is 19.0. The Morgan fingerprint density at radius 3 is 2.71 bits per heavy atom. The summed E-state index contributed by atoms with van der Waals surface area (Å²) >= 11 is 0. The second-order valence-electron chi connectivity index (χ2n) is 5.75. The first-order valence-corrected chi connectivity index (χ1v) is 7.60. The quantitative estimate of drug-likeness (QED) is 0.521. The number of rotatable bonds is 3. The molecular formula is C19H15N3O2. The van der Waals surface area contributed by atoms with Crippen molar-refractivity contribution in [2.24, 2.45) is 0 Å². The zero-order valence-corrected chi connectivity index (χ0v) is 13.0. The standard InChI is InChI=1S/C19H15N3O2/c1-11-5-4-6-12(9-11)20-18-14-10-16(19(23)24)21-17(14)13-7-2-3-8-15(13)22-18/h2-10,21H,1H3,(H,20,22)(H,23,24). The van der Waals surface area contributed by atoms with Crippen LogP contribution in [-0.4, -0.2) is 21.0 Å². The number of aromatic carboxylic acids is 1. The number of hydrogen-bond donors (Lipinski definition) is 3. The molecule has 0 aliphatic rings. The lowest BCUT2D eigenvalue weighted by Crippen LogP contribution is -1.95. The predicted molar refractivity (Wildman–Crippen MR) is 95.0 cm³/mol. The highest BCUT2D eigenvalue weighted by molar-refractivity contribution is 6.11. The van der Waals surface area contributed by atoms with Crippen molar-refractivity contribution in [3.05, 3.63) is 65.9 Å². The minimum absolute atomic E-state index is 0.149. The average Bonchev–Trinajstić information content (AvgIpc) is 3.01. The van der Waals surface area contributed by atoms with Gasteiger partial charge in [-0.2, -0.15) is 0 Å². The molecule has 3 N–H and O–H groups in total. The largest absolute Gasteiger partial charge is 0.477 e. The fourth-order valence-corrected chi connectivity index (χ4v) is 2.89. The lowest BCUT2D eigenvalue weighted by Gasteiger charge is -2.09. The van der Waals surface area contributed by atoms with Crippen molar-refractivity contribution in [3.63, 3.8) is 0 Å². The first-order chi connectivity index (χ1) is 11.6. The molecule has 0 spiro atoms. The van der Waals surface area contributed by atoms with E-state index in [1.54, 1.807) is 6.07 Å². The maximum absolute atomic E-state index is 11.3. The molecule has 4 aromatic rings. The minimum atomic E-state index is -0.989. The number of benzene rings is 2. The number of aromatic nitrogens is 2. The molecule has 5 nitrogen and oxygen atoms in total. The smallest absolute Gasteiger partial charge is 0.352 e. The number of aryl methyl sites for hydroxylation is 1. The second kappa shape index (κ2) is 5.38. The number of carboxylic acids is 1. The molecule has 0 aliphatic carbocycles. The van der Waals surface area contributed by atoms with Crippen molar-refractivity contribution >= 4 is 39.3 Å². The number of carbonyl (C=O) groups is 1. The van der Waals surface area contributed by atoms with Crippen LogP contribution < -0.4 is 5.32 Å². The molecule has 24 heavy (non-hydrogen) atoms. The molecule has 0 amide bonds. The summed E-state index contributed by atoms with van der Waals surface area (Å²) in [5.74, 6) is -0.352. The molecule has 2 heterocycles. The summed E-state index contributed by atoms with van der Waals surface area (Å²) in [6.45, 7) is 2.02. The van der Waals surface area contributed by atoms with Gasteiger partial charge in [0.25, 0.3) is 0 Å². The van der Waals surface area contributed by atoms with Crippen LogP contribution in [0.1, 0.15) is 16.1 Å². The van der Waals surface area contributed by atoms with Crippen LogP contribution in [0, 0.1) is 6.92 Å². The third kappa shape index (κ3) is 2.36.